The summed E-state index contributed by atoms with van der Waals surface area (Å²) in [6.07, 6.45) is 12.5. The van der Waals surface area contributed by atoms with E-state index >= 15 is 0 Å². The van der Waals surface area contributed by atoms with Gasteiger partial charge in [0.25, 0.3) is 0 Å². The van der Waals surface area contributed by atoms with Crippen LogP contribution in [-0.4, -0.2) is 9.95 Å². The summed E-state index contributed by atoms with van der Waals surface area (Å²) >= 11 is 8.79. The van der Waals surface area contributed by atoms with Crippen molar-refractivity contribution in [3.8, 4) is 0 Å². The van der Waals surface area contributed by atoms with Crippen LogP contribution in [-0.2, 0) is 0 Å². The van der Waals surface area contributed by atoms with Crippen LogP contribution < -0.4 is 0 Å². The second-order valence-electron chi connectivity index (χ2n) is 4.57. The van der Waals surface area contributed by atoms with Crippen LogP contribution in [0, 0.1) is 0 Å². The number of allylic oxidation sites excluding steroid dienone is 1. The molecule has 0 aromatic heterocycles. The maximum absolute atomic E-state index is 4.97. The van der Waals surface area contributed by atoms with Crippen molar-refractivity contribution in [2.45, 2.75) is 69.3 Å². The lowest BCUT2D eigenvalue weighted by Crippen LogP contribution is -1.89. The monoisotopic (exact) mass is 288 g/mol. The van der Waals surface area contributed by atoms with Crippen molar-refractivity contribution < 1.29 is 0 Å². The van der Waals surface area contributed by atoms with Gasteiger partial charge >= 0.3 is 0 Å². The van der Waals surface area contributed by atoms with Crippen LogP contribution in [0.15, 0.2) is 10.3 Å². The first kappa shape index (κ1) is 15.6. The van der Waals surface area contributed by atoms with E-state index in [4.69, 9.17) is 12.2 Å². The van der Waals surface area contributed by atoms with Crippen LogP contribution in [0.3, 0.4) is 0 Å². The Morgan fingerprint density at radius 1 is 1.12 bits per heavy atom. The molecule has 1 atom stereocenters. The summed E-state index contributed by atoms with van der Waals surface area (Å²) in [4.78, 5) is 1.55. The maximum atomic E-state index is 4.97. The van der Waals surface area contributed by atoms with Gasteiger partial charge in [-0.1, -0.05) is 64.1 Å². The Kier molecular flexibility index (Phi) is 9.58. The quantitative estimate of drug-likeness (QED) is 0.349. The molecule has 1 heterocycles. The molecule has 0 aromatic rings. The summed E-state index contributed by atoms with van der Waals surface area (Å²) in [5.74, 6) is 0. The third-order valence-corrected chi connectivity index (χ3v) is 6.19. The highest BCUT2D eigenvalue weighted by molar-refractivity contribution is 8.24. The van der Waals surface area contributed by atoms with Gasteiger partial charge in [-0.3, -0.25) is 0 Å². The molecular formula is C14H24S3. The normalized spacial score (nSPS) is 19.4. The van der Waals surface area contributed by atoms with Gasteiger partial charge in [-0.25, -0.2) is 0 Å². The molecule has 0 N–H and O–H groups in total. The van der Waals surface area contributed by atoms with Gasteiger partial charge in [0, 0.05) is 5.37 Å². The molecule has 0 radical (unpaired) electrons. The van der Waals surface area contributed by atoms with Gasteiger partial charge < -0.3 is 0 Å². The van der Waals surface area contributed by atoms with E-state index in [9.17, 15) is 0 Å². The molecule has 1 unspecified atom stereocenters. The molecule has 17 heavy (non-hydrogen) atoms. The molecule has 1 aliphatic heterocycles. The molecule has 0 fully saturated rings. The molecule has 1 rings (SSSR count). The number of unbranched alkanes of at least 4 members (excludes halogenated alkanes) is 7. The zero-order chi connectivity index (χ0) is 12.3. The molecule has 98 valence electrons. The summed E-state index contributed by atoms with van der Waals surface area (Å²) in [6, 6.07) is 0. The Balaban J connectivity index is 1.86. The second kappa shape index (κ2) is 10.5. The highest BCUT2D eigenvalue weighted by Gasteiger charge is 2.15. The lowest BCUT2D eigenvalue weighted by atomic mass is 10.1. The molecule has 0 bridgehead atoms. The maximum Gasteiger partial charge on any atom is 0.0869 e. The highest BCUT2D eigenvalue weighted by Crippen LogP contribution is 2.41. The second-order valence-corrected chi connectivity index (χ2v) is 7.42. The molecule has 0 aromatic carbocycles. The largest absolute Gasteiger partial charge is 0.113 e. The van der Waals surface area contributed by atoms with Crippen LogP contribution in [0.25, 0.3) is 0 Å². The van der Waals surface area contributed by atoms with Gasteiger partial charge in [-0.2, -0.15) is 0 Å². The molecule has 3 heteroatoms. The van der Waals surface area contributed by atoms with E-state index < -0.39 is 0 Å². The van der Waals surface area contributed by atoms with Crippen LogP contribution >= 0.6 is 35.7 Å². The minimum absolute atomic E-state index is 0.508. The van der Waals surface area contributed by atoms with E-state index in [0.29, 0.717) is 4.58 Å². The molecule has 0 saturated carbocycles. The Bertz CT molecular complexity index is 236. The molecule has 1 aliphatic rings. The van der Waals surface area contributed by atoms with Crippen molar-refractivity contribution in [2.24, 2.45) is 0 Å². The fourth-order valence-electron chi connectivity index (χ4n) is 1.96. The van der Waals surface area contributed by atoms with Gasteiger partial charge in [-0.15, -0.1) is 23.5 Å². The average molecular weight is 289 g/mol. The van der Waals surface area contributed by atoms with E-state index in [-0.39, 0.29) is 0 Å². The van der Waals surface area contributed by atoms with Crippen molar-refractivity contribution in [3.05, 3.63) is 10.3 Å². The fourth-order valence-corrected chi connectivity index (χ4v) is 4.55. The Morgan fingerprint density at radius 2 is 1.76 bits per heavy atom. The van der Waals surface area contributed by atoms with Gasteiger partial charge in [0.1, 0.15) is 0 Å². The van der Waals surface area contributed by atoms with Crippen LogP contribution in [0.4, 0.5) is 0 Å². The van der Waals surface area contributed by atoms with Crippen molar-refractivity contribution >= 4 is 41.1 Å². The fraction of sp³-hybridized carbons (Fsp3) is 0.786. The van der Waals surface area contributed by atoms with Gasteiger partial charge in [0.15, 0.2) is 0 Å². The number of hydrogen-bond acceptors (Lipinski definition) is 3. The molecule has 0 amide bonds. The first-order valence-corrected chi connectivity index (χ1v) is 9.12. The summed E-state index contributed by atoms with van der Waals surface area (Å²) < 4.78 is 0.508. The first-order chi connectivity index (χ1) is 8.36. The van der Waals surface area contributed by atoms with Gasteiger partial charge in [-0.05, 0) is 23.2 Å². The summed E-state index contributed by atoms with van der Waals surface area (Å²) in [7, 11) is 0. The molecule has 0 aliphatic carbocycles. The summed E-state index contributed by atoms with van der Waals surface area (Å²) in [6.45, 7) is 2.28. The van der Waals surface area contributed by atoms with Crippen LogP contribution in [0.1, 0.15) is 64.7 Å². The zero-order valence-corrected chi connectivity index (χ0v) is 13.3. The Hall–Kier alpha value is 0.530. The van der Waals surface area contributed by atoms with Crippen LogP contribution in [0.5, 0.6) is 0 Å². The lowest BCUT2D eigenvalue weighted by molar-refractivity contribution is 0.577. The predicted molar refractivity (Wildman–Crippen MR) is 87.9 cm³/mol. The summed E-state index contributed by atoms with van der Waals surface area (Å²) in [5, 5.41) is 4.19. The minimum atomic E-state index is 0.508. The number of thioether (sulfide) groups is 2. The third kappa shape index (κ3) is 7.53. The topological polar surface area (TPSA) is 0 Å². The Morgan fingerprint density at radius 3 is 2.35 bits per heavy atom. The summed E-state index contributed by atoms with van der Waals surface area (Å²) in [5.41, 5.74) is 0. The average Bonchev–Trinajstić information content (AvgIpc) is 2.80. The van der Waals surface area contributed by atoms with E-state index in [2.05, 4.69) is 12.3 Å². The third-order valence-electron chi connectivity index (χ3n) is 2.99. The van der Waals surface area contributed by atoms with E-state index in [0.717, 1.165) is 0 Å². The van der Waals surface area contributed by atoms with Crippen molar-refractivity contribution in [1.29, 1.82) is 0 Å². The number of thiocarbonyl (C=S) groups is 1. The molecule has 0 saturated heterocycles. The standard InChI is InChI=1S/C14H24S3/c1-2-3-4-5-6-7-8-9-10-13-12-16-14(11-15)17-13/h11-12,14H,2-10H2,1H3. The smallest absolute Gasteiger partial charge is 0.0869 e. The van der Waals surface area contributed by atoms with Gasteiger partial charge in [0.2, 0.25) is 0 Å². The first-order valence-electron chi connectivity index (χ1n) is 6.83. The van der Waals surface area contributed by atoms with Crippen LogP contribution in [0.2, 0.25) is 0 Å². The minimum Gasteiger partial charge on any atom is -0.113 e. The molecular weight excluding hydrogens is 264 g/mol. The molecule has 0 nitrogen and oxygen atoms in total. The lowest BCUT2D eigenvalue weighted by Gasteiger charge is -2.03. The van der Waals surface area contributed by atoms with Gasteiger partial charge in [0.05, 0.1) is 4.58 Å². The van der Waals surface area contributed by atoms with E-state index in [1.165, 1.54) is 57.8 Å². The van der Waals surface area contributed by atoms with E-state index in [1.54, 1.807) is 4.91 Å². The Labute approximate surface area is 120 Å². The molecule has 0 spiro atoms. The number of rotatable bonds is 10. The predicted octanol–water partition coefficient (Wildman–Crippen LogP) is 6.16. The van der Waals surface area contributed by atoms with Crippen molar-refractivity contribution in [2.75, 3.05) is 0 Å². The van der Waals surface area contributed by atoms with Crippen molar-refractivity contribution in [1.82, 2.24) is 0 Å². The van der Waals surface area contributed by atoms with Crippen molar-refractivity contribution in [3.63, 3.8) is 0 Å². The number of hydrogen-bond donors (Lipinski definition) is 0. The zero-order valence-electron chi connectivity index (χ0n) is 10.8. The van der Waals surface area contributed by atoms with E-state index in [1.807, 2.05) is 28.9 Å². The highest BCUT2D eigenvalue weighted by atomic mass is 32.2. The SMILES string of the molecule is CCCCCCCCCCC1=CSC(C=S)S1.